The number of rotatable bonds is 1. The van der Waals surface area contributed by atoms with E-state index in [1.54, 1.807) is 0 Å². The van der Waals surface area contributed by atoms with Crippen LogP contribution in [0.1, 0.15) is 26.7 Å². The quantitative estimate of drug-likeness (QED) is 0.720. The van der Waals surface area contributed by atoms with Crippen molar-refractivity contribution in [2.75, 3.05) is 31.1 Å². The molecule has 1 atom stereocenters. The Labute approximate surface area is 98.3 Å². The first-order valence-corrected chi connectivity index (χ1v) is 7.90. The van der Waals surface area contributed by atoms with E-state index in [-0.39, 0.29) is 5.54 Å². The van der Waals surface area contributed by atoms with Gasteiger partial charge in [0.05, 0.1) is 11.5 Å². The molecular weight excluding hydrogens is 224 g/mol. The molecule has 0 amide bonds. The molecule has 0 aromatic heterocycles. The number of hydrogen-bond acceptors (Lipinski definition) is 4. The smallest absolute Gasteiger partial charge is 0.151 e. The topological polar surface area (TPSA) is 49.4 Å². The molecule has 2 aliphatic rings. The van der Waals surface area contributed by atoms with E-state index in [2.05, 4.69) is 24.1 Å². The lowest BCUT2D eigenvalue weighted by atomic mass is 10.0. The Kier molecular flexibility index (Phi) is 3.29. The van der Waals surface area contributed by atoms with Crippen LogP contribution in [0.5, 0.6) is 0 Å². The van der Waals surface area contributed by atoms with Crippen molar-refractivity contribution >= 4 is 9.84 Å². The predicted molar refractivity (Wildman–Crippen MR) is 65.3 cm³/mol. The molecule has 2 aliphatic heterocycles. The van der Waals surface area contributed by atoms with E-state index in [0.717, 1.165) is 25.9 Å². The van der Waals surface area contributed by atoms with Gasteiger partial charge in [-0.1, -0.05) is 0 Å². The molecule has 94 valence electrons. The highest BCUT2D eigenvalue weighted by Gasteiger charge is 2.34. The fraction of sp³-hybridized carbons (Fsp3) is 1.00. The fourth-order valence-electron chi connectivity index (χ4n) is 2.71. The molecule has 2 heterocycles. The minimum absolute atomic E-state index is 0.204. The number of sulfone groups is 1. The molecule has 1 N–H and O–H groups in total. The predicted octanol–water partition coefficient (Wildman–Crippen LogP) is 0.247. The van der Waals surface area contributed by atoms with Crippen LogP contribution in [0.15, 0.2) is 0 Å². The Morgan fingerprint density at radius 2 is 2.00 bits per heavy atom. The second-order valence-corrected chi connectivity index (χ2v) is 7.97. The van der Waals surface area contributed by atoms with Crippen LogP contribution in [0.3, 0.4) is 0 Å². The molecule has 2 saturated heterocycles. The van der Waals surface area contributed by atoms with E-state index in [1.165, 1.54) is 0 Å². The van der Waals surface area contributed by atoms with E-state index in [9.17, 15) is 8.42 Å². The van der Waals surface area contributed by atoms with Gasteiger partial charge in [-0.2, -0.15) is 0 Å². The van der Waals surface area contributed by atoms with Crippen LogP contribution in [0.2, 0.25) is 0 Å². The van der Waals surface area contributed by atoms with Crippen LogP contribution in [0.25, 0.3) is 0 Å². The van der Waals surface area contributed by atoms with Crippen LogP contribution in [-0.4, -0.2) is 56.0 Å². The third-order valence-corrected chi connectivity index (χ3v) is 5.38. The molecule has 4 nitrogen and oxygen atoms in total. The van der Waals surface area contributed by atoms with Crippen LogP contribution in [0, 0.1) is 0 Å². The molecule has 0 radical (unpaired) electrons. The van der Waals surface area contributed by atoms with Crippen LogP contribution >= 0.6 is 0 Å². The van der Waals surface area contributed by atoms with Gasteiger partial charge in [-0.3, -0.25) is 4.90 Å². The monoisotopic (exact) mass is 246 g/mol. The second-order valence-electron chi connectivity index (χ2n) is 5.66. The van der Waals surface area contributed by atoms with Crippen molar-refractivity contribution in [3.8, 4) is 0 Å². The molecule has 2 rings (SSSR count). The molecule has 0 spiro atoms. The first-order valence-electron chi connectivity index (χ1n) is 6.07. The summed E-state index contributed by atoms with van der Waals surface area (Å²) in [7, 11) is -2.77. The summed E-state index contributed by atoms with van der Waals surface area (Å²) in [4.78, 5) is 2.35. The molecule has 0 aromatic carbocycles. The molecular formula is C11H22N2O2S. The van der Waals surface area contributed by atoms with Crippen LogP contribution < -0.4 is 5.32 Å². The fourth-order valence-corrected chi connectivity index (χ4v) is 3.99. The van der Waals surface area contributed by atoms with Crippen molar-refractivity contribution in [2.24, 2.45) is 0 Å². The largest absolute Gasteiger partial charge is 0.310 e. The molecule has 0 bridgehead atoms. The van der Waals surface area contributed by atoms with E-state index < -0.39 is 9.84 Å². The maximum atomic E-state index is 11.5. The molecule has 0 aromatic rings. The zero-order chi connectivity index (χ0) is 11.8. The van der Waals surface area contributed by atoms with Crippen LogP contribution in [-0.2, 0) is 9.84 Å². The molecule has 5 heteroatoms. The average Bonchev–Trinajstić information content (AvgIpc) is 2.41. The number of nitrogens with zero attached hydrogens (tertiary/aromatic N) is 1. The van der Waals surface area contributed by atoms with Gasteiger partial charge < -0.3 is 5.32 Å². The van der Waals surface area contributed by atoms with E-state index in [1.807, 2.05) is 0 Å². The van der Waals surface area contributed by atoms with Crippen molar-refractivity contribution in [1.82, 2.24) is 10.2 Å². The summed E-state index contributed by atoms with van der Waals surface area (Å²) in [5.41, 5.74) is 0.204. The zero-order valence-corrected chi connectivity index (χ0v) is 11.0. The Morgan fingerprint density at radius 3 is 2.62 bits per heavy atom. The third-order valence-electron chi connectivity index (χ3n) is 3.67. The Hall–Kier alpha value is -0.130. The van der Waals surface area contributed by atoms with Gasteiger partial charge in [0.25, 0.3) is 0 Å². The van der Waals surface area contributed by atoms with Gasteiger partial charge in [0.15, 0.2) is 9.84 Å². The van der Waals surface area contributed by atoms with E-state index in [4.69, 9.17) is 0 Å². The first-order chi connectivity index (χ1) is 7.38. The normalized spacial score (nSPS) is 34.8. The van der Waals surface area contributed by atoms with E-state index in [0.29, 0.717) is 24.1 Å². The van der Waals surface area contributed by atoms with Crippen molar-refractivity contribution in [3.63, 3.8) is 0 Å². The maximum absolute atomic E-state index is 11.5. The highest BCUT2D eigenvalue weighted by molar-refractivity contribution is 7.91. The molecule has 2 fully saturated rings. The summed E-state index contributed by atoms with van der Waals surface area (Å²) in [6, 6.07) is 0.517. The van der Waals surface area contributed by atoms with E-state index >= 15 is 0 Å². The lowest BCUT2D eigenvalue weighted by molar-refractivity contribution is 0.217. The summed E-state index contributed by atoms with van der Waals surface area (Å²) >= 11 is 0. The van der Waals surface area contributed by atoms with Gasteiger partial charge in [-0.05, 0) is 33.2 Å². The summed E-state index contributed by atoms with van der Waals surface area (Å²) in [5.74, 6) is 0.705. The van der Waals surface area contributed by atoms with Crippen molar-refractivity contribution in [1.29, 1.82) is 0 Å². The van der Waals surface area contributed by atoms with Gasteiger partial charge in [-0.25, -0.2) is 8.42 Å². The van der Waals surface area contributed by atoms with Gasteiger partial charge in [0.1, 0.15) is 0 Å². The summed E-state index contributed by atoms with van der Waals surface area (Å²) < 4.78 is 23.0. The summed E-state index contributed by atoms with van der Waals surface area (Å²) in [6.45, 7) is 7.06. The first kappa shape index (κ1) is 12.3. The highest BCUT2D eigenvalue weighted by Crippen LogP contribution is 2.23. The van der Waals surface area contributed by atoms with Crippen molar-refractivity contribution in [2.45, 2.75) is 38.3 Å². The molecule has 0 aliphatic carbocycles. The summed E-state index contributed by atoms with van der Waals surface area (Å²) in [6.07, 6.45) is 1.91. The lowest BCUT2D eigenvalue weighted by Gasteiger charge is -2.27. The Balaban J connectivity index is 1.96. The standard InChI is InChI=1S/C11H22N2O2S/c1-11(2)8-10(9-12-11)13-4-3-6-16(14,15)7-5-13/h10,12H,3-9H2,1-2H3. The number of nitrogens with one attached hydrogen (secondary N) is 1. The third kappa shape index (κ3) is 2.96. The summed E-state index contributed by atoms with van der Waals surface area (Å²) in [5, 5.41) is 3.49. The maximum Gasteiger partial charge on any atom is 0.151 e. The Morgan fingerprint density at radius 1 is 1.25 bits per heavy atom. The molecule has 1 unspecified atom stereocenters. The van der Waals surface area contributed by atoms with Crippen molar-refractivity contribution in [3.05, 3.63) is 0 Å². The zero-order valence-electron chi connectivity index (χ0n) is 10.2. The SMILES string of the molecule is CC1(C)CC(N2CCCS(=O)(=O)CC2)CN1. The molecule has 0 saturated carbocycles. The number of hydrogen-bond donors (Lipinski definition) is 1. The minimum atomic E-state index is -2.77. The Bertz CT molecular complexity index is 351. The van der Waals surface area contributed by atoms with Gasteiger partial charge in [-0.15, -0.1) is 0 Å². The van der Waals surface area contributed by atoms with Gasteiger partial charge in [0, 0.05) is 24.7 Å². The highest BCUT2D eigenvalue weighted by atomic mass is 32.2. The van der Waals surface area contributed by atoms with Crippen LogP contribution in [0.4, 0.5) is 0 Å². The average molecular weight is 246 g/mol. The lowest BCUT2D eigenvalue weighted by Crippen LogP contribution is -2.38. The molecule has 16 heavy (non-hydrogen) atoms. The minimum Gasteiger partial charge on any atom is -0.310 e. The van der Waals surface area contributed by atoms with Crippen molar-refractivity contribution < 1.29 is 8.42 Å². The van der Waals surface area contributed by atoms with Gasteiger partial charge >= 0.3 is 0 Å². The second kappa shape index (κ2) is 4.27. The van der Waals surface area contributed by atoms with Gasteiger partial charge in [0.2, 0.25) is 0 Å².